The van der Waals surface area contributed by atoms with Crippen LogP contribution in [0.15, 0.2) is 416 Å². The Labute approximate surface area is 865 Å². The van der Waals surface area contributed by atoms with Gasteiger partial charge in [0.2, 0.25) is 0 Å². The van der Waals surface area contributed by atoms with Crippen molar-refractivity contribution in [3.05, 3.63) is 422 Å². The van der Waals surface area contributed by atoms with E-state index in [0.717, 1.165) is 165 Å². The summed E-state index contributed by atoms with van der Waals surface area (Å²) in [5.41, 5.74) is 27.8. The number of rotatable bonds is 14. The van der Waals surface area contributed by atoms with Crippen LogP contribution >= 0.6 is 0 Å². The van der Waals surface area contributed by atoms with Crippen molar-refractivity contribution < 1.29 is 22.1 Å². The summed E-state index contributed by atoms with van der Waals surface area (Å²) in [6, 6.07) is 139. The molecule has 0 spiro atoms. The van der Waals surface area contributed by atoms with Crippen molar-refractivity contribution in [2.75, 3.05) is 26.6 Å². The lowest BCUT2D eigenvalue weighted by atomic mass is 9.48. The Morgan fingerprint density at radius 2 is 0.470 bits per heavy atom. The second kappa shape index (κ2) is 37.0. The van der Waals surface area contributed by atoms with Crippen LogP contribution in [0.1, 0.15) is 155 Å². The highest BCUT2D eigenvalue weighted by molar-refractivity contribution is 6.27. The van der Waals surface area contributed by atoms with E-state index in [9.17, 15) is 0 Å². The third kappa shape index (κ3) is 16.0. The molecule has 25 aromatic rings. The maximum Gasteiger partial charge on any atom is 0.158 e. The van der Waals surface area contributed by atoms with Gasteiger partial charge in [-0.3, -0.25) is 0 Å². The monoisotopic (exact) mass is 1940 g/mol. The zero-order chi connectivity index (χ0) is 98.3. The number of nitrogens with one attached hydrogen (secondary N) is 5. The zero-order valence-corrected chi connectivity index (χ0v) is 83.9. The van der Waals surface area contributed by atoms with Gasteiger partial charge in [0.1, 0.15) is 27.9 Å². The van der Waals surface area contributed by atoms with Gasteiger partial charge in [-0.15, -0.1) is 0 Å². The first-order valence-corrected chi connectivity index (χ1v) is 54.6. The minimum Gasteiger partial charge on any atom is -0.454 e. The number of benzene rings is 20. The average Bonchev–Trinajstić information content (AvgIpc) is 1.63. The molecule has 10 saturated carbocycles. The molecule has 0 radical (unpaired) electrons. The summed E-state index contributed by atoms with van der Waals surface area (Å²) in [5.74, 6) is 8.24. The van der Waals surface area contributed by atoms with Gasteiger partial charge < -0.3 is 48.7 Å². The molecule has 149 heavy (non-hydrogen) atoms. The molecule has 728 valence electrons. The Balaban J connectivity index is 0.0000000881. The molecule has 10 aliphatic rings. The van der Waals surface area contributed by atoms with Crippen LogP contribution in [-0.2, 0) is 5.41 Å². The standard InChI is InChI=1S/2C32H29NO.C27H23NO.C25H19NO.C23H17NO/c1-2-8-24(9-3-1)33-28-12-6-11-26-29-25-10-5-4-7-23(25)16-27(31(29)34-30(26)28)32-17-20-13-21(18-32)15-22(14-20)19-32;1-2-8-24(9-3-1)33-28-12-6-11-26-30-25-10-5-4-7-21(25)18-27(32(30)34-31(26)28)29-22-14-19-13-20(16-22)17-23(29)15-19;1-2-12-20(13-3-1)28-24-16-8-15-22-25-21-14-7-6-11-19(21)17-23(18-9-4-5-10-18)27(25)29-26(22)24;1-2-8-18(9-3-1)26-22-12-6-11-20-23-19-10-5-4-7-17(19)15-21(16-13-14-16)25(23)27-24(20)22;1-15-14-16-8-5-6-11-18(16)21-19-12-7-13-20(23(19)25-22(15)21)24-17-9-3-2-4-10-17/h1-12,16,20-22,33H,13-15,17-19H2;1-12,18-20,22-23,29,33H,13-17H2;1-3,6-8,11-18,28H,4-5,9-10H2;1-12,15-16,26H,13-14H2;2-14,24H,1H3. The highest BCUT2D eigenvalue weighted by Crippen LogP contribution is 2.65. The summed E-state index contributed by atoms with van der Waals surface area (Å²) in [6.45, 7) is 2.11. The summed E-state index contributed by atoms with van der Waals surface area (Å²) in [5, 5.41) is 43.0. The minimum atomic E-state index is 0.290. The van der Waals surface area contributed by atoms with E-state index in [-0.39, 0.29) is 5.41 Å². The average molecular weight is 1940 g/mol. The first-order chi connectivity index (χ1) is 73.6. The Hall–Kier alpha value is -16.3. The van der Waals surface area contributed by atoms with Crippen molar-refractivity contribution in [3.8, 4) is 0 Å². The van der Waals surface area contributed by atoms with Crippen LogP contribution in [0, 0.1) is 48.3 Å². The minimum absolute atomic E-state index is 0.290. The van der Waals surface area contributed by atoms with Crippen molar-refractivity contribution in [3.63, 3.8) is 0 Å². The van der Waals surface area contributed by atoms with Crippen molar-refractivity contribution in [2.45, 2.75) is 139 Å². The van der Waals surface area contributed by atoms with Gasteiger partial charge in [-0.05, 0) is 365 Å². The van der Waals surface area contributed by atoms with Crippen LogP contribution in [0.5, 0.6) is 0 Å². The van der Waals surface area contributed by atoms with Crippen molar-refractivity contribution in [1.29, 1.82) is 0 Å². The maximum atomic E-state index is 6.92. The van der Waals surface area contributed by atoms with Gasteiger partial charge in [0, 0.05) is 87.9 Å². The molecular formula is C139H117N5O5. The van der Waals surface area contributed by atoms with Gasteiger partial charge in [-0.2, -0.15) is 0 Å². The molecule has 0 saturated heterocycles. The Morgan fingerprint density at radius 1 is 0.215 bits per heavy atom. The van der Waals surface area contributed by atoms with Gasteiger partial charge in [0.25, 0.3) is 0 Å². The SMILES string of the molecule is Cc1cc2ccccc2c2c1oc1c(Nc3ccccc3)cccc12.c1ccc(Nc2cccc3c2oc2c(C45CC6CC(CC(C6)C4)C5)cc4ccccc4c23)cc1.c1ccc(Nc2cccc3c2oc2c(C4C5CC6CC(C5)CC4C6)cc4ccccc4c23)cc1.c1ccc(Nc2cccc3c2oc2c(C4CC4)cc4ccccc4c23)cc1.c1ccc(Nc2cccc3c2oc2c(C4CCCC4)cc4ccccc4c23)cc1. The molecule has 0 unspecified atom stereocenters. The van der Waals surface area contributed by atoms with Gasteiger partial charge in [-0.25, -0.2) is 0 Å². The molecule has 0 aliphatic heterocycles. The lowest BCUT2D eigenvalue weighted by molar-refractivity contribution is -0.00480. The number of hydrogen-bond acceptors (Lipinski definition) is 10. The highest BCUT2D eigenvalue weighted by Gasteiger charge is 2.54. The fraction of sp³-hybridized carbons (Fsp3) is 0.209. The summed E-state index contributed by atoms with van der Waals surface area (Å²) >= 11 is 0. The van der Waals surface area contributed by atoms with E-state index in [1.807, 2.05) is 54.6 Å². The molecule has 0 atom stereocenters. The van der Waals surface area contributed by atoms with Gasteiger partial charge in [-0.1, -0.05) is 286 Å². The van der Waals surface area contributed by atoms with E-state index in [1.54, 1.807) is 0 Å². The number of hydrogen-bond donors (Lipinski definition) is 5. The lowest BCUT2D eigenvalue weighted by Crippen LogP contribution is -2.48. The van der Waals surface area contributed by atoms with Crippen molar-refractivity contribution >= 4 is 220 Å². The normalized spacial score (nSPS) is 20.0. The summed E-state index contributed by atoms with van der Waals surface area (Å²) in [4.78, 5) is 0. The third-order valence-electron chi connectivity index (χ3n) is 35.0. The van der Waals surface area contributed by atoms with Crippen molar-refractivity contribution in [2.24, 2.45) is 41.4 Å². The number of anilines is 10. The van der Waals surface area contributed by atoms with Crippen LogP contribution in [0.25, 0.3) is 164 Å². The molecule has 10 nitrogen and oxygen atoms in total. The smallest absolute Gasteiger partial charge is 0.158 e. The van der Waals surface area contributed by atoms with E-state index < -0.39 is 0 Å². The Morgan fingerprint density at radius 3 is 0.805 bits per heavy atom. The maximum absolute atomic E-state index is 6.92. The van der Waals surface area contributed by atoms with Crippen LogP contribution in [0.2, 0.25) is 0 Å². The molecule has 10 heteroatoms. The zero-order valence-electron chi connectivity index (χ0n) is 83.9. The molecule has 0 amide bonds. The molecule has 8 bridgehead atoms. The van der Waals surface area contributed by atoms with Crippen LogP contribution in [-0.4, -0.2) is 0 Å². The predicted molar refractivity (Wildman–Crippen MR) is 622 cm³/mol. The molecule has 35 rings (SSSR count). The predicted octanol–water partition coefficient (Wildman–Crippen LogP) is 40.3. The van der Waals surface area contributed by atoms with Gasteiger partial charge >= 0.3 is 0 Å². The number of aryl methyl sites for hydroxylation is 1. The fourth-order valence-corrected chi connectivity index (χ4v) is 29.1. The summed E-state index contributed by atoms with van der Waals surface area (Å²) < 4.78 is 33.3. The van der Waals surface area contributed by atoms with Crippen LogP contribution < -0.4 is 26.6 Å². The van der Waals surface area contributed by atoms with Crippen LogP contribution in [0.4, 0.5) is 56.9 Å². The molecule has 5 N–H and O–H groups in total. The largest absolute Gasteiger partial charge is 0.454 e. The van der Waals surface area contributed by atoms with E-state index in [1.165, 1.54) is 234 Å². The second-order valence-corrected chi connectivity index (χ2v) is 44.4. The second-order valence-electron chi connectivity index (χ2n) is 44.4. The molecule has 20 aromatic carbocycles. The Bertz CT molecular complexity index is 9410. The number of furan rings is 5. The number of para-hydroxylation sites is 10. The summed E-state index contributed by atoms with van der Waals surface area (Å²) in [7, 11) is 0. The van der Waals surface area contributed by atoms with Crippen LogP contribution in [0.3, 0.4) is 0 Å². The first-order valence-electron chi connectivity index (χ1n) is 54.6. The Kier molecular flexibility index (Phi) is 22.1. The van der Waals surface area contributed by atoms with Gasteiger partial charge in [0.15, 0.2) is 27.9 Å². The molecule has 5 heterocycles. The molecule has 5 aromatic heterocycles. The van der Waals surface area contributed by atoms with Gasteiger partial charge in [0.05, 0.1) is 28.4 Å². The molecular weight excluding hydrogens is 1820 g/mol. The fourth-order valence-electron chi connectivity index (χ4n) is 29.1. The lowest BCUT2D eigenvalue weighted by Gasteiger charge is -2.57. The topological polar surface area (TPSA) is 126 Å². The van der Waals surface area contributed by atoms with E-state index in [0.29, 0.717) is 17.8 Å². The quantitative estimate of drug-likeness (QED) is 0.0719. The first kappa shape index (κ1) is 89.1. The van der Waals surface area contributed by atoms with Crippen molar-refractivity contribution in [1.82, 2.24) is 0 Å². The van der Waals surface area contributed by atoms with E-state index in [4.69, 9.17) is 22.1 Å². The summed E-state index contributed by atoms with van der Waals surface area (Å²) in [6.07, 6.45) is 23.3. The van der Waals surface area contributed by atoms with E-state index >= 15 is 0 Å². The molecule has 10 aliphatic carbocycles. The number of fused-ring (bicyclic) bond motifs is 25. The molecule has 10 fully saturated rings. The van der Waals surface area contributed by atoms with E-state index in [2.05, 4.69) is 373 Å². The third-order valence-corrected chi connectivity index (χ3v) is 35.0. The highest BCUT2D eigenvalue weighted by atomic mass is 16.3.